The van der Waals surface area contributed by atoms with Crippen LogP contribution in [0.15, 0.2) is 12.4 Å². The number of nitrogens with zero attached hydrogens (tertiary/aromatic N) is 2. The van der Waals surface area contributed by atoms with Crippen LogP contribution >= 0.6 is 0 Å². The average molecular weight is 169 g/mol. The van der Waals surface area contributed by atoms with Crippen LogP contribution in [0, 0.1) is 0 Å². The molecule has 1 rings (SSSR count). The molecule has 4 heteroatoms. The van der Waals surface area contributed by atoms with E-state index in [1.165, 1.54) is 0 Å². The molecule has 0 bridgehead atoms. The van der Waals surface area contributed by atoms with Gasteiger partial charge in [-0.15, -0.1) is 0 Å². The van der Waals surface area contributed by atoms with Gasteiger partial charge in [-0.3, -0.25) is 4.68 Å². The first-order valence-corrected chi connectivity index (χ1v) is 4.08. The SMILES string of the molecule is CCOC(CN)c1cnn(C)c1. The van der Waals surface area contributed by atoms with Crippen LogP contribution in [-0.4, -0.2) is 22.9 Å². The highest BCUT2D eigenvalue weighted by molar-refractivity contribution is 5.08. The van der Waals surface area contributed by atoms with Gasteiger partial charge in [0, 0.05) is 32.0 Å². The van der Waals surface area contributed by atoms with Crippen LogP contribution in [0.1, 0.15) is 18.6 Å². The molecule has 0 fully saturated rings. The molecule has 0 radical (unpaired) electrons. The fourth-order valence-corrected chi connectivity index (χ4v) is 1.11. The highest BCUT2D eigenvalue weighted by Crippen LogP contribution is 2.13. The fraction of sp³-hybridized carbons (Fsp3) is 0.625. The van der Waals surface area contributed by atoms with Gasteiger partial charge in [-0.25, -0.2) is 0 Å². The minimum absolute atomic E-state index is 0.0105. The van der Waals surface area contributed by atoms with Gasteiger partial charge >= 0.3 is 0 Å². The first kappa shape index (κ1) is 9.22. The van der Waals surface area contributed by atoms with Gasteiger partial charge in [0.25, 0.3) is 0 Å². The third kappa shape index (κ3) is 2.06. The smallest absolute Gasteiger partial charge is 0.0977 e. The highest BCUT2D eigenvalue weighted by Gasteiger charge is 2.10. The molecule has 0 saturated carbocycles. The van der Waals surface area contributed by atoms with E-state index < -0.39 is 0 Å². The molecule has 0 spiro atoms. The minimum atomic E-state index is -0.0105. The van der Waals surface area contributed by atoms with Gasteiger partial charge in [0.15, 0.2) is 0 Å². The number of aromatic nitrogens is 2. The molecule has 1 aromatic heterocycles. The van der Waals surface area contributed by atoms with E-state index in [1.54, 1.807) is 10.9 Å². The second-order valence-corrected chi connectivity index (χ2v) is 2.63. The van der Waals surface area contributed by atoms with E-state index in [4.69, 9.17) is 10.5 Å². The Kier molecular flexibility index (Phi) is 3.25. The average Bonchev–Trinajstić information content (AvgIpc) is 2.47. The third-order valence-corrected chi connectivity index (χ3v) is 1.68. The van der Waals surface area contributed by atoms with Crippen LogP contribution in [-0.2, 0) is 11.8 Å². The van der Waals surface area contributed by atoms with E-state index >= 15 is 0 Å². The summed E-state index contributed by atoms with van der Waals surface area (Å²) >= 11 is 0. The molecule has 1 heterocycles. The van der Waals surface area contributed by atoms with Crippen LogP contribution in [0.4, 0.5) is 0 Å². The molecule has 0 aliphatic heterocycles. The molecule has 4 nitrogen and oxygen atoms in total. The van der Waals surface area contributed by atoms with Gasteiger partial charge in [0.1, 0.15) is 0 Å². The van der Waals surface area contributed by atoms with E-state index in [9.17, 15) is 0 Å². The van der Waals surface area contributed by atoms with Crippen molar-refractivity contribution in [2.24, 2.45) is 12.8 Å². The van der Waals surface area contributed by atoms with Crippen LogP contribution in [0.5, 0.6) is 0 Å². The normalized spacial score (nSPS) is 13.2. The van der Waals surface area contributed by atoms with Crippen molar-refractivity contribution in [3.05, 3.63) is 18.0 Å². The number of hydrogen-bond acceptors (Lipinski definition) is 3. The van der Waals surface area contributed by atoms with Crippen molar-refractivity contribution >= 4 is 0 Å². The maximum atomic E-state index is 5.54. The number of ether oxygens (including phenoxy) is 1. The zero-order valence-corrected chi connectivity index (χ0v) is 7.53. The number of aryl methyl sites for hydroxylation is 1. The molecule has 1 aromatic rings. The van der Waals surface area contributed by atoms with Gasteiger partial charge in [-0.1, -0.05) is 0 Å². The predicted octanol–water partition coefficient (Wildman–Crippen LogP) is 0.456. The lowest BCUT2D eigenvalue weighted by Crippen LogP contribution is -2.15. The summed E-state index contributed by atoms with van der Waals surface area (Å²) in [5.41, 5.74) is 6.58. The molecule has 68 valence electrons. The zero-order valence-electron chi connectivity index (χ0n) is 7.53. The molecule has 1 unspecified atom stereocenters. The summed E-state index contributed by atoms with van der Waals surface area (Å²) in [7, 11) is 1.88. The summed E-state index contributed by atoms with van der Waals surface area (Å²) in [6.07, 6.45) is 3.70. The molecular weight excluding hydrogens is 154 g/mol. The van der Waals surface area contributed by atoms with Crippen molar-refractivity contribution < 1.29 is 4.74 Å². The Morgan fingerprint density at radius 1 is 1.75 bits per heavy atom. The third-order valence-electron chi connectivity index (χ3n) is 1.68. The molecule has 0 saturated heterocycles. The Morgan fingerprint density at radius 2 is 2.50 bits per heavy atom. The van der Waals surface area contributed by atoms with Crippen LogP contribution in [0.25, 0.3) is 0 Å². The van der Waals surface area contributed by atoms with E-state index in [1.807, 2.05) is 20.2 Å². The second kappa shape index (κ2) is 4.23. The van der Waals surface area contributed by atoms with Crippen molar-refractivity contribution in [3.8, 4) is 0 Å². The van der Waals surface area contributed by atoms with Gasteiger partial charge in [-0.05, 0) is 6.92 Å². The largest absolute Gasteiger partial charge is 0.372 e. The Hall–Kier alpha value is -0.870. The minimum Gasteiger partial charge on any atom is -0.372 e. The topological polar surface area (TPSA) is 53.1 Å². The maximum absolute atomic E-state index is 5.54. The fourth-order valence-electron chi connectivity index (χ4n) is 1.11. The molecule has 0 aromatic carbocycles. The molecular formula is C8H15N3O. The highest BCUT2D eigenvalue weighted by atomic mass is 16.5. The number of hydrogen-bond donors (Lipinski definition) is 1. The predicted molar refractivity (Wildman–Crippen MR) is 46.6 cm³/mol. The summed E-state index contributed by atoms with van der Waals surface area (Å²) in [4.78, 5) is 0. The van der Waals surface area contributed by atoms with E-state index in [-0.39, 0.29) is 6.10 Å². The summed E-state index contributed by atoms with van der Waals surface area (Å²) < 4.78 is 7.16. The lowest BCUT2D eigenvalue weighted by molar-refractivity contribution is 0.0688. The van der Waals surface area contributed by atoms with Crippen molar-refractivity contribution in [3.63, 3.8) is 0 Å². The Labute approximate surface area is 72.3 Å². The van der Waals surface area contributed by atoms with Gasteiger partial charge < -0.3 is 10.5 Å². The number of nitrogens with two attached hydrogens (primary N) is 1. The monoisotopic (exact) mass is 169 g/mol. The van der Waals surface area contributed by atoms with Crippen molar-refractivity contribution in [2.75, 3.05) is 13.2 Å². The summed E-state index contributed by atoms with van der Waals surface area (Å²) in [5, 5.41) is 4.05. The molecule has 0 aliphatic rings. The van der Waals surface area contributed by atoms with E-state index in [0.717, 1.165) is 5.56 Å². The Morgan fingerprint density at radius 3 is 2.92 bits per heavy atom. The Balaban J connectivity index is 2.66. The lowest BCUT2D eigenvalue weighted by Gasteiger charge is -2.11. The van der Waals surface area contributed by atoms with E-state index in [0.29, 0.717) is 13.2 Å². The van der Waals surface area contributed by atoms with Crippen molar-refractivity contribution in [2.45, 2.75) is 13.0 Å². The Bertz CT molecular complexity index is 234. The van der Waals surface area contributed by atoms with Crippen LogP contribution < -0.4 is 5.73 Å². The lowest BCUT2D eigenvalue weighted by atomic mass is 10.2. The first-order valence-electron chi connectivity index (χ1n) is 4.08. The first-order chi connectivity index (χ1) is 5.77. The maximum Gasteiger partial charge on any atom is 0.0977 e. The quantitative estimate of drug-likeness (QED) is 0.712. The standard InChI is InChI=1S/C8H15N3O/c1-3-12-8(4-9)7-5-10-11(2)6-7/h5-6,8H,3-4,9H2,1-2H3. The van der Waals surface area contributed by atoms with Gasteiger partial charge in [-0.2, -0.15) is 5.10 Å². The molecule has 1 atom stereocenters. The second-order valence-electron chi connectivity index (χ2n) is 2.63. The summed E-state index contributed by atoms with van der Waals surface area (Å²) in [5.74, 6) is 0. The molecule has 2 N–H and O–H groups in total. The summed E-state index contributed by atoms with van der Waals surface area (Å²) in [6.45, 7) is 3.13. The van der Waals surface area contributed by atoms with Gasteiger partial charge in [0.05, 0.1) is 12.3 Å². The van der Waals surface area contributed by atoms with Gasteiger partial charge in [0.2, 0.25) is 0 Å². The van der Waals surface area contributed by atoms with Crippen molar-refractivity contribution in [1.29, 1.82) is 0 Å². The summed E-state index contributed by atoms with van der Waals surface area (Å²) in [6, 6.07) is 0. The van der Waals surface area contributed by atoms with Crippen LogP contribution in [0.2, 0.25) is 0 Å². The van der Waals surface area contributed by atoms with Crippen molar-refractivity contribution in [1.82, 2.24) is 9.78 Å². The molecule has 0 aliphatic carbocycles. The van der Waals surface area contributed by atoms with Crippen LogP contribution in [0.3, 0.4) is 0 Å². The zero-order chi connectivity index (χ0) is 8.97. The number of rotatable bonds is 4. The molecule has 0 amide bonds. The molecule has 12 heavy (non-hydrogen) atoms. The van der Waals surface area contributed by atoms with E-state index in [2.05, 4.69) is 5.10 Å².